The highest BCUT2D eigenvalue weighted by Crippen LogP contribution is 2.25. The van der Waals surface area contributed by atoms with E-state index in [2.05, 4.69) is 4.74 Å². The van der Waals surface area contributed by atoms with Crippen LogP contribution in [0.4, 0.5) is 4.39 Å². The van der Waals surface area contributed by atoms with Gasteiger partial charge in [-0.15, -0.1) is 0 Å². The van der Waals surface area contributed by atoms with Crippen molar-refractivity contribution in [2.75, 3.05) is 21.3 Å². The van der Waals surface area contributed by atoms with Crippen molar-refractivity contribution in [1.82, 2.24) is 0 Å². The molecular weight excluding hydrogens is 243 g/mol. The lowest BCUT2D eigenvalue weighted by Gasteiger charge is -2.05. The molecule has 0 aliphatic heterocycles. The molecule has 19 heavy (non-hydrogen) atoms. The van der Waals surface area contributed by atoms with Crippen LogP contribution < -0.4 is 4.74 Å². The molecule has 0 N–H and O–H groups in total. The minimum Gasteiger partial charge on any atom is -0.494 e. The van der Waals surface area contributed by atoms with Crippen LogP contribution in [0.2, 0.25) is 0 Å². The monoisotopic (exact) mass is 262 g/mol. The molecule has 0 spiro atoms. The van der Waals surface area contributed by atoms with E-state index in [4.69, 9.17) is 4.74 Å². The van der Waals surface area contributed by atoms with Crippen LogP contribution in [-0.4, -0.2) is 21.3 Å². The van der Waals surface area contributed by atoms with Gasteiger partial charge in [-0.1, -0.05) is 35.9 Å². The summed E-state index contributed by atoms with van der Waals surface area (Å²) in [5.41, 5.74) is 3.06. The molecule has 0 heterocycles. The summed E-state index contributed by atoms with van der Waals surface area (Å²) in [6.45, 7) is 2.03. The molecule has 0 saturated heterocycles. The molecule has 0 bridgehead atoms. The lowest BCUT2D eigenvalue weighted by atomic mass is 10.0. The van der Waals surface area contributed by atoms with Gasteiger partial charge in [-0.3, -0.25) is 0 Å². The number of ether oxygens (including phenoxy) is 2. The molecule has 0 aromatic heterocycles. The van der Waals surface area contributed by atoms with Crippen molar-refractivity contribution in [3.63, 3.8) is 0 Å². The van der Waals surface area contributed by atoms with Gasteiger partial charge in [-0.2, -0.15) is 0 Å². The van der Waals surface area contributed by atoms with Gasteiger partial charge >= 0.3 is 0 Å². The number of rotatable bonds is 2. The maximum absolute atomic E-state index is 13.5. The minimum atomic E-state index is -0.333. The van der Waals surface area contributed by atoms with E-state index in [1.807, 2.05) is 37.3 Å². The summed E-state index contributed by atoms with van der Waals surface area (Å²) in [7, 11) is 4.71. The van der Waals surface area contributed by atoms with Crippen molar-refractivity contribution in [3.05, 3.63) is 53.8 Å². The number of halogens is 1. The van der Waals surface area contributed by atoms with Gasteiger partial charge in [0.2, 0.25) is 0 Å². The number of benzene rings is 2. The topological polar surface area (TPSA) is 18.5 Å². The highest BCUT2D eigenvalue weighted by Gasteiger charge is 2.04. The summed E-state index contributed by atoms with van der Waals surface area (Å²) in [5.74, 6) is -0.0589. The third-order valence-electron chi connectivity index (χ3n) is 2.54. The van der Waals surface area contributed by atoms with Crippen LogP contribution in [0, 0.1) is 12.7 Å². The molecule has 2 rings (SSSR count). The van der Waals surface area contributed by atoms with Gasteiger partial charge < -0.3 is 9.47 Å². The van der Waals surface area contributed by atoms with Crippen molar-refractivity contribution in [2.24, 2.45) is 0 Å². The van der Waals surface area contributed by atoms with Crippen molar-refractivity contribution in [1.29, 1.82) is 0 Å². The molecule has 0 radical (unpaired) electrons. The van der Waals surface area contributed by atoms with Crippen LogP contribution >= 0.6 is 0 Å². The first-order valence-corrected chi connectivity index (χ1v) is 5.93. The third-order valence-corrected chi connectivity index (χ3v) is 2.54. The summed E-state index contributed by atoms with van der Waals surface area (Å²) in [6, 6.07) is 13.0. The predicted molar refractivity (Wildman–Crippen MR) is 76.1 cm³/mol. The van der Waals surface area contributed by atoms with E-state index in [0.29, 0.717) is 0 Å². The molecule has 3 heteroatoms. The second kappa shape index (κ2) is 7.54. The summed E-state index contributed by atoms with van der Waals surface area (Å²) in [4.78, 5) is 0. The average Bonchev–Trinajstić information content (AvgIpc) is 2.40. The van der Waals surface area contributed by atoms with E-state index in [1.54, 1.807) is 20.3 Å². The second-order valence-corrected chi connectivity index (χ2v) is 4.12. The molecule has 0 atom stereocenters. The summed E-state index contributed by atoms with van der Waals surface area (Å²) >= 11 is 0. The quantitative estimate of drug-likeness (QED) is 0.812. The Labute approximate surface area is 113 Å². The van der Waals surface area contributed by atoms with Crippen molar-refractivity contribution in [2.45, 2.75) is 6.92 Å². The standard InChI is InChI=1S/C14H13FO.C2H6O/c1-10-3-5-11(6-4-10)12-7-8-14(16-2)13(15)9-12;1-3-2/h3-9H,1-2H3;1-2H3. The Morgan fingerprint density at radius 2 is 1.37 bits per heavy atom. The Bertz CT molecular complexity index is 507. The van der Waals surface area contributed by atoms with Gasteiger partial charge in [0.1, 0.15) is 0 Å². The summed E-state index contributed by atoms with van der Waals surface area (Å²) < 4.78 is 22.6. The van der Waals surface area contributed by atoms with Gasteiger partial charge in [0.15, 0.2) is 11.6 Å². The van der Waals surface area contributed by atoms with Crippen molar-refractivity contribution < 1.29 is 13.9 Å². The predicted octanol–water partition coefficient (Wildman–Crippen LogP) is 4.07. The fourth-order valence-electron chi connectivity index (χ4n) is 1.59. The molecule has 2 aromatic carbocycles. The Morgan fingerprint density at radius 3 is 1.84 bits per heavy atom. The van der Waals surface area contributed by atoms with Crippen LogP contribution in [0.15, 0.2) is 42.5 Å². The lowest BCUT2D eigenvalue weighted by Crippen LogP contribution is -1.88. The maximum Gasteiger partial charge on any atom is 0.165 e. The number of aryl methyl sites for hydroxylation is 1. The summed E-state index contributed by atoms with van der Waals surface area (Å²) in [5, 5.41) is 0. The van der Waals surface area contributed by atoms with Crippen molar-refractivity contribution in [3.8, 4) is 16.9 Å². The Hall–Kier alpha value is -1.87. The van der Waals surface area contributed by atoms with Gasteiger partial charge in [-0.05, 0) is 30.2 Å². The largest absolute Gasteiger partial charge is 0.494 e. The number of hydrogen-bond acceptors (Lipinski definition) is 2. The molecule has 0 saturated carbocycles. The van der Waals surface area contributed by atoms with Crippen LogP contribution in [0.5, 0.6) is 5.75 Å². The Kier molecular flexibility index (Phi) is 6.03. The molecule has 2 aromatic rings. The number of methoxy groups -OCH3 is 2. The summed E-state index contributed by atoms with van der Waals surface area (Å²) in [6.07, 6.45) is 0. The zero-order valence-corrected chi connectivity index (χ0v) is 11.7. The molecule has 102 valence electrons. The molecule has 0 fully saturated rings. The number of hydrogen-bond donors (Lipinski definition) is 0. The normalized spacial score (nSPS) is 9.53. The van der Waals surface area contributed by atoms with Gasteiger partial charge in [0.05, 0.1) is 7.11 Å². The highest BCUT2D eigenvalue weighted by atomic mass is 19.1. The smallest absolute Gasteiger partial charge is 0.165 e. The first-order chi connectivity index (χ1) is 9.12. The molecule has 0 unspecified atom stereocenters. The lowest BCUT2D eigenvalue weighted by molar-refractivity contribution is 0.277. The Balaban J connectivity index is 0.000000550. The molecule has 2 nitrogen and oxygen atoms in total. The highest BCUT2D eigenvalue weighted by molar-refractivity contribution is 5.64. The fourth-order valence-corrected chi connectivity index (χ4v) is 1.59. The van der Waals surface area contributed by atoms with E-state index in [-0.39, 0.29) is 11.6 Å². The maximum atomic E-state index is 13.5. The van der Waals surface area contributed by atoms with E-state index < -0.39 is 0 Å². The van der Waals surface area contributed by atoms with E-state index >= 15 is 0 Å². The van der Waals surface area contributed by atoms with E-state index in [9.17, 15) is 4.39 Å². The van der Waals surface area contributed by atoms with Crippen LogP contribution in [-0.2, 0) is 4.74 Å². The zero-order valence-electron chi connectivity index (χ0n) is 11.7. The molecule has 0 aliphatic rings. The van der Waals surface area contributed by atoms with Gasteiger partial charge in [0, 0.05) is 14.2 Å². The first kappa shape index (κ1) is 15.2. The van der Waals surface area contributed by atoms with Gasteiger partial charge in [-0.25, -0.2) is 4.39 Å². The van der Waals surface area contributed by atoms with E-state index in [0.717, 1.165) is 11.1 Å². The second-order valence-electron chi connectivity index (χ2n) is 4.12. The first-order valence-electron chi connectivity index (χ1n) is 5.93. The average molecular weight is 262 g/mol. The van der Waals surface area contributed by atoms with Crippen LogP contribution in [0.3, 0.4) is 0 Å². The molecular formula is C16H19FO2. The third kappa shape index (κ3) is 4.38. The van der Waals surface area contributed by atoms with Crippen LogP contribution in [0.25, 0.3) is 11.1 Å². The minimum absolute atomic E-state index is 0.274. The molecule has 0 aliphatic carbocycles. The SMILES string of the molecule is COC.COc1ccc(-c2ccc(C)cc2)cc1F. The molecule has 0 amide bonds. The zero-order chi connectivity index (χ0) is 14.3. The van der Waals surface area contributed by atoms with Crippen molar-refractivity contribution >= 4 is 0 Å². The fraction of sp³-hybridized carbons (Fsp3) is 0.250. The van der Waals surface area contributed by atoms with E-state index in [1.165, 1.54) is 18.7 Å². The van der Waals surface area contributed by atoms with Gasteiger partial charge in [0.25, 0.3) is 0 Å². The van der Waals surface area contributed by atoms with Crippen LogP contribution in [0.1, 0.15) is 5.56 Å². The Morgan fingerprint density at radius 1 is 0.842 bits per heavy atom.